The van der Waals surface area contributed by atoms with Crippen molar-refractivity contribution in [1.29, 1.82) is 0 Å². The molecule has 112 valence electrons. The number of primary sulfonamides is 1. The van der Waals surface area contributed by atoms with Crippen molar-refractivity contribution in [3.05, 3.63) is 47.8 Å². The molecule has 2 aromatic carbocycles. The van der Waals surface area contributed by atoms with E-state index in [0.717, 1.165) is 6.07 Å². The van der Waals surface area contributed by atoms with Gasteiger partial charge >= 0.3 is 0 Å². The summed E-state index contributed by atoms with van der Waals surface area (Å²) in [4.78, 5) is -0.424. The molecule has 0 amide bonds. The van der Waals surface area contributed by atoms with Crippen LogP contribution in [-0.4, -0.2) is 8.42 Å². The number of hydrogen-bond donors (Lipinski definition) is 3. The molecule has 9 heteroatoms. The van der Waals surface area contributed by atoms with Crippen LogP contribution in [0.1, 0.15) is 0 Å². The second-order valence-electron chi connectivity index (χ2n) is 4.17. The quantitative estimate of drug-likeness (QED) is 0.596. The van der Waals surface area contributed by atoms with Crippen molar-refractivity contribution in [3.8, 4) is 0 Å². The summed E-state index contributed by atoms with van der Waals surface area (Å²) in [6, 6.07) is 4.62. The lowest BCUT2D eigenvalue weighted by Crippen LogP contribution is -2.15. The third kappa shape index (κ3) is 3.26. The Kier molecular flexibility index (Phi) is 3.79. The normalized spacial score (nSPS) is 11.4. The first-order valence-electron chi connectivity index (χ1n) is 5.52. The zero-order chi connectivity index (χ0) is 15.8. The lowest BCUT2D eigenvalue weighted by molar-refractivity contribution is 0.498. The Morgan fingerprint density at radius 1 is 1.00 bits per heavy atom. The molecule has 21 heavy (non-hydrogen) atoms. The van der Waals surface area contributed by atoms with Crippen molar-refractivity contribution in [2.75, 3.05) is 11.1 Å². The van der Waals surface area contributed by atoms with Crippen LogP contribution in [0, 0.1) is 17.5 Å². The average molecular weight is 317 g/mol. The standard InChI is InChI=1S/C12H10F3N3O2S/c13-6-3-8(14)12(15)10(4-6)18-9-2-1-7(16)5-11(9)21(17,19)20/h1-5,18H,16H2,(H2,17,19,20). The number of halogens is 3. The van der Waals surface area contributed by atoms with Crippen LogP contribution in [0.2, 0.25) is 0 Å². The molecule has 5 N–H and O–H groups in total. The average Bonchev–Trinajstić information content (AvgIpc) is 2.36. The zero-order valence-electron chi connectivity index (χ0n) is 10.4. The number of rotatable bonds is 3. The molecule has 0 radical (unpaired) electrons. The maximum Gasteiger partial charge on any atom is 0.240 e. The number of nitrogen functional groups attached to an aromatic ring is 1. The second-order valence-corrected chi connectivity index (χ2v) is 5.70. The maximum atomic E-state index is 13.6. The van der Waals surface area contributed by atoms with E-state index in [9.17, 15) is 21.6 Å². The number of nitrogens with two attached hydrogens (primary N) is 2. The van der Waals surface area contributed by atoms with Gasteiger partial charge in [-0.1, -0.05) is 0 Å². The summed E-state index contributed by atoms with van der Waals surface area (Å²) in [5, 5.41) is 7.30. The Morgan fingerprint density at radius 2 is 1.67 bits per heavy atom. The summed E-state index contributed by atoms with van der Waals surface area (Å²) >= 11 is 0. The van der Waals surface area contributed by atoms with Crippen LogP contribution >= 0.6 is 0 Å². The summed E-state index contributed by atoms with van der Waals surface area (Å²) < 4.78 is 62.7. The SMILES string of the molecule is Nc1ccc(Nc2cc(F)cc(F)c2F)c(S(N)(=O)=O)c1. The van der Waals surface area contributed by atoms with Crippen molar-refractivity contribution < 1.29 is 21.6 Å². The van der Waals surface area contributed by atoms with E-state index in [2.05, 4.69) is 5.32 Å². The molecule has 0 spiro atoms. The minimum Gasteiger partial charge on any atom is -0.399 e. The smallest absolute Gasteiger partial charge is 0.240 e. The van der Waals surface area contributed by atoms with Gasteiger partial charge in [0.15, 0.2) is 11.6 Å². The predicted octanol–water partition coefficient (Wildman–Crippen LogP) is 2.08. The van der Waals surface area contributed by atoms with Crippen molar-refractivity contribution in [2.45, 2.75) is 4.90 Å². The zero-order valence-corrected chi connectivity index (χ0v) is 11.2. The second kappa shape index (κ2) is 5.26. The first-order valence-corrected chi connectivity index (χ1v) is 7.07. The van der Waals surface area contributed by atoms with Gasteiger partial charge in [-0.3, -0.25) is 0 Å². The molecule has 2 rings (SSSR count). The van der Waals surface area contributed by atoms with Gasteiger partial charge in [-0.15, -0.1) is 0 Å². The minimum absolute atomic E-state index is 0.107. The highest BCUT2D eigenvalue weighted by Crippen LogP contribution is 2.28. The molecule has 0 bridgehead atoms. The molecule has 0 unspecified atom stereocenters. The summed E-state index contributed by atoms with van der Waals surface area (Å²) in [5.41, 5.74) is 4.84. The molecule has 0 aromatic heterocycles. The van der Waals surface area contributed by atoms with Crippen LogP contribution in [-0.2, 0) is 10.0 Å². The van der Waals surface area contributed by atoms with E-state index in [1.165, 1.54) is 12.1 Å². The predicted molar refractivity (Wildman–Crippen MR) is 71.8 cm³/mol. The summed E-state index contributed by atoms with van der Waals surface area (Å²) in [6.45, 7) is 0. The third-order valence-electron chi connectivity index (χ3n) is 2.57. The van der Waals surface area contributed by atoms with Crippen LogP contribution in [0.25, 0.3) is 0 Å². The molecular weight excluding hydrogens is 307 g/mol. The highest BCUT2D eigenvalue weighted by atomic mass is 32.2. The van der Waals surface area contributed by atoms with Crippen LogP contribution in [0.15, 0.2) is 35.2 Å². The monoisotopic (exact) mass is 317 g/mol. The van der Waals surface area contributed by atoms with Gasteiger partial charge in [0.05, 0.1) is 11.4 Å². The largest absolute Gasteiger partial charge is 0.399 e. The van der Waals surface area contributed by atoms with Gasteiger partial charge in [-0.25, -0.2) is 26.7 Å². The molecule has 0 aliphatic rings. The van der Waals surface area contributed by atoms with E-state index >= 15 is 0 Å². The Labute approximate surface area is 118 Å². The molecule has 0 saturated heterocycles. The Bertz CT molecular complexity index is 810. The number of sulfonamides is 1. The van der Waals surface area contributed by atoms with E-state index in [0.29, 0.717) is 12.1 Å². The first-order chi connectivity index (χ1) is 9.68. The maximum absolute atomic E-state index is 13.6. The highest BCUT2D eigenvalue weighted by Gasteiger charge is 2.17. The lowest BCUT2D eigenvalue weighted by atomic mass is 10.2. The van der Waals surface area contributed by atoms with E-state index in [4.69, 9.17) is 10.9 Å². The molecule has 0 aliphatic carbocycles. The fourth-order valence-corrected chi connectivity index (χ4v) is 2.40. The molecule has 0 heterocycles. The van der Waals surface area contributed by atoms with Crippen LogP contribution in [0.3, 0.4) is 0 Å². The molecule has 0 atom stereocenters. The first kappa shape index (κ1) is 15.1. The van der Waals surface area contributed by atoms with Gasteiger partial charge in [-0.05, 0) is 18.2 Å². The topological polar surface area (TPSA) is 98.2 Å². The van der Waals surface area contributed by atoms with Gasteiger partial charge in [0.25, 0.3) is 0 Å². The molecule has 2 aromatic rings. The van der Waals surface area contributed by atoms with E-state index in [-0.39, 0.29) is 11.4 Å². The van der Waals surface area contributed by atoms with Crippen molar-refractivity contribution in [2.24, 2.45) is 5.14 Å². The summed E-state index contributed by atoms with van der Waals surface area (Å²) in [6.07, 6.45) is 0. The van der Waals surface area contributed by atoms with Gasteiger partial charge < -0.3 is 11.1 Å². The number of benzene rings is 2. The molecule has 5 nitrogen and oxygen atoms in total. The van der Waals surface area contributed by atoms with E-state index in [1.807, 2.05) is 0 Å². The summed E-state index contributed by atoms with van der Waals surface area (Å²) in [5.74, 6) is -3.79. The molecule has 0 aliphatic heterocycles. The molecule has 0 saturated carbocycles. The van der Waals surface area contributed by atoms with Gasteiger partial charge in [0.1, 0.15) is 10.7 Å². The Hall–Kier alpha value is -2.26. The van der Waals surface area contributed by atoms with Crippen molar-refractivity contribution >= 4 is 27.1 Å². The molecular formula is C12H10F3N3O2S. The Balaban J connectivity index is 2.55. The van der Waals surface area contributed by atoms with Gasteiger partial charge in [-0.2, -0.15) is 0 Å². The lowest BCUT2D eigenvalue weighted by Gasteiger charge is -2.12. The Morgan fingerprint density at radius 3 is 2.29 bits per heavy atom. The van der Waals surface area contributed by atoms with Crippen LogP contribution < -0.4 is 16.2 Å². The number of anilines is 3. The number of nitrogens with one attached hydrogen (secondary N) is 1. The molecule has 0 fully saturated rings. The highest BCUT2D eigenvalue weighted by molar-refractivity contribution is 7.89. The van der Waals surface area contributed by atoms with E-state index < -0.39 is 38.1 Å². The third-order valence-corrected chi connectivity index (χ3v) is 3.53. The number of hydrogen-bond acceptors (Lipinski definition) is 4. The van der Waals surface area contributed by atoms with Crippen LogP contribution in [0.4, 0.5) is 30.2 Å². The summed E-state index contributed by atoms with van der Waals surface area (Å²) in [7, 11) is -4.16. The minimum atomic E-state index is -4.16. The van der Waals surface area contributed by atoms with Gasteiger partial charge in [0.2, 0.25) is 10.0 Å². The fraction of sp³-hybridized carbons (Fsp3) is 0. The van der Waals surface area contributed by atoms with Crippen molar-refractivity contribution in [3.63, 3.8) is 0 Å². The fourth-order valence-electron chi connectivity index (χ4n) is 1.67. The van der Waals surface area contributed by atoms with Crippen LogP contribution in [0.5, 0.6) is 0 Å². The van der Waals surface area contributed by atoms with E-state index in [1.54, 1.807) is 0 Å². The van der Waals surface area contributed by atoms with Crippen molar-refractivity contribution in [1.82, 2.24) is 0 Å². The van der Waals surface area contributed by atoms with Gasteiger partial charge in [0, 0.05) is 17.8 Å².